The highest BCUT2D eigenvalue weighted by atomic mass is 16.5. The lowest BCUT2D eigenvalue weighted by Gasteiger charge is -2.10. The molecule has 3 aromatic carbocycles. The van der Waals surface area contributed by atoms with Crippen molar-refractivity contribution in [1.29, 1.82) is 0 Å². The molecular weight excluding hydrogens is 348 g/mol. The Morgan fingerprint density at radius 3 is 2.11 bits per heavy atom. The molecule has 4 heteroatoms. The van der Waals surface area contributed by atoms with Gasteiger partial charge >= 0.3 is 0 Å². The van der Waals surface area contributed by atoms with Crippen molar-refractivity contribution in [2.45, 2.75) is 19.4 Å². The first-order valence-corrected chi connectivity index (χ1v) is 9.61. The van der Waals surface area contributed by atoms with E-state index in [2.05, 4.69) is 22.8 Å². The molecule has 0 saturated heterocycles. The molecule has 1 amide bonds. The van der Waals surface area contributed by atoms with E-state index in [0.29, 0.717) is 13.2 Å². The topological polar surface area (TPSA) is 50.4 Å². The average Bonchev–Trinajstić information content (AvgIpc) is 2.76. The molecule has 144 valence electrons. The minimum atomic E-state index is -0.00235. The van der Waals surface area contributed by atoms with E-state index in [0.717, 1.165) is 29.8 Å². The van der Waals surface area contributed by atoms with Crippen molar-refractivity contribution in [2.75, 3.05) is 18.4 Å². The van der Waals surface area contributed by atoms with Crippen LogP contribution in [-0.2, 0) is 17.8 Å². The normalized spacial score (nSPS) is 10.3. The molecule has 0 aliphatic heterocycles. The Balaban J connectivity index is 1.32. The number of rotatable bonds is 10. The number of hydrogen-bond donors (Lipinski definition) is 2. The van der Waals surface area contributed by atoms with Crippen LogP contribution in [0.5, 0.6) is 5.75 Å². The summed E-state index contributed by atoms with van der Waals surface area (Å²) in [6.07, 6.45) is 1.90. The van der Waals surface area contributed by atoms with Crippen LogP contribution in [0.2, 0.25) is 0 Å². The zero-order valence-electron chi connectivity index (χ0n) is 15.9. The Bertz CT molecular complexity index is 833. The van der Waals surface area contributed by atoms with Gasteiger partial charge in [-0.15, -0.1) is 0 Å². The summed E-state index contributed by atoms with van der Waals surface area (Å²) in [4.78, 5) is 12.0. The molecule has 3 aromatic rings. The maximum Gasteiger partial charge on any atom is 0.239 e. The first-order chi connectivity index (χ1) is 13.8. The van der Waals surface area contributed by atoms with E-state index in [9.17, 15) is 4.79 Å². The predicted molar refractivity (Wildman–Crippen MR) is 113 cm³/mol. The molecule has 4 nitrogen and oxygen atoms in total. The number of aryl methyl sites for hydroxylation is 1. The number of amides is 1. The lowest BCUT2D eigenvalue weighted by atomic mass is 10.1. The second-order valence-corrected chi connectivity index (χ2v) is 6.59. The lowest BCUT2D eigenvalue weighted by Crippen LogP contribution is -2.30. The van der Waals surface area contributed by atoms with Crippen LogP contribution in [0.4, 0.5) is 5.69 Å². The highest BCUT2D eigenvalue weighted by Gasteiger charge is 2.02. The Morgan fingerprint density at radius 1 is 0.786 bits per heavy atom. The highest BCUT2D eigenvalue weighted by molar-refractivity contribution is 5.80. The van der Waals surface area contributed by atoms with Gasteiger partial charge in [0.1, 0.15) is 12.4 Å². The lowest BCUT2D eigenvalue weighted by molar-refractivity contribution is -0.119. The molecular formula is C24H26N2O2. The number of hydrogen-bond acceptors (Lipinski definition) is 3. The number of ether oxygens (including phenoxy) is 1. The molecule has 0 aliphatic rings. The molecule has 0 bridgehead atoms. The molecule has 0 heterocycles. The average molecular weight is 374 g/mol. The monoisotopic (exact) mass is 374 g/mol. The van der Waals surface area contributed by atoms with Crippen LogP contribution in [0.25, 0.3) is 0 Å². The van der Waals surface area contributed by atoms with E-state index in [4.69, 9.17) is 4.74 Å². The largest absolute Gasteiger partial charge is 0.489 e. The number of anilines is 1. The maximum absolute atomic E-state index is 12.0. The van der Waals surface area contributed by atoms with E-state index in [1.807, 2.05) is 72.8 Å². The van der Waals surface area contributed by atoms with Gasteiger partial charge in [0.15, 0.2) is 0 Å². The first kappa shape index (κ1) is 19.5. The van der Waals surface area contributed by atoms with E-state index >= 15 is 0 Å². The first-order valence-electron chi connectivity index (χ1n) is 9.61. The van der Waals surface area contributed by atoms with Crippen molar-refractivity contribution in [3.63, 3.8) is 0 Å². The minimum Gasteiger partial charge on any atom is -0.489 e. The third-order valence-electron chi connectivity index (χ3n) is 4.36. The molecule has 0 aromatic heterocycles. The molecule has 28 heavy (non-hydrogen) atoms. The van der Waals surface area contributed by atoms with Gasteiger partial charge in [-0.25, -0.2) is 0 Å². The highest BCUT2D eigenvalue weighted by Crippen LogP contribution is 2.17. The van der Waals surface area contributed by atoms with Crippen molar-refractivity contribution >= 4 is 11.6 Å². The smallest absolute Gasteiger partial charge is 0.239 e. The van der Waals surface area contributed by atoms with Crippen molar-refractivity contribution in [2.24, 2.45) is 0 Å². The Labute approximate surface area is 166 Å². The third-order valence-corrected chi connectivity index (χ3v) is 4.36. The van der Waals surface area contributed by atoms with E-state index in [1.165, 1.54) is 5.56 Å². The predicted octanol–water partition coefficient (Wildman–Crippen LogP) is 4.43. The van der Waals surface area contributed by atoms with Crippen LogP contribution < -0.4 is 15.4 Å². The molecule has 0 radical (unpaired) electrons. The van der Waals surface area contributed by atoms with Crippen LogP contribution >= 0.6 is 0 Å². The molecule has 0 atom stereocenters. The fourth-order valence-corrected chi connectivity index (χ4v) is 2.82. The second-order valence-electron chi connectivity index (χ2n) is 6.59. The summed E-state index contributed by atoms with van der Waals surface area (Å²) in [5, 5.41) is 6.08. The number of benzene rings is 3. The molecule has 0 aliphatic carbocycles. The van der Waals surface area contributed by atoms with Crippen molar-refractivity contribution in [3.8, 4) is 5.75 Å². The van der Waals surface area contributed by atoms with Gasteiger partial charge in [-0.3, -0.25) is 4.79 Å². The Kier molecular flexibility index (Phi) is 7.50. The fraction of sp³-hybridized carbons (Fsp3) is 0.208. The quantitative estimate of drug-likeness (QED) is 0.516. The van der Waals surface area contributed by atoms with Crippen LogP contribution in [0.1, 0.15) is 17.5 Å². The summed E-state index contributed by atoms with van der Waals surface area (Å²) in [7, 11) is 0. The second kappa shape index (κ2) is 10.8. The van der Waals surface area contributed by atoms with E-state index in [-0.39, 0.29) is 12.5 Å². The van der Waals surface area contributed by atoms with Gasteiger partial charge in [0.2, 0.25) is 5.91 Å². The zero-order valence-corrected chi connectivity index (χ0v) is 15.9. The minimum absolute atomic E-state index is 0.00235. The van der Waals surface area contributed by atoms with Crippen LogP contribution in [0, 0.1) is 0 Å². The summed E-state index contributed by atoms with van der Waals surface area (Å²) in [5.41, 5.74) is 3.32. The SMILES string of the molecule is O=C(CNc1ccc(OCc2ccccc2)cc1)NCCCc1ccccc1. The van der Waals surface area contributed by atoms with Gasteiger partial charge in [-0.1, -0.05) is 60.7 Å². The molecule has 0 saturated carbocycles. The summed E-state index contributed by atoms with van der Waals surface area (Å²) in [6.45, 7) is 1.48. The summed E-state index contributed by atoms with van der Waals surface area (Å²) >= 11 is 0. The van der Waals surface area contributed by atoms with Gasteiger partial charge in [-0.05, 0) is 48.2 Å². The van der Waals surface area contributed by atoms with Gasteiger partial charge < -0.3 is 15.4 Å². The standard InChI is InChI=1S/C24H26N2O2/c27-24(25-17-7-12-20-8-3-1-4-9-20)18-26-22-13-15-23(16-14-22)28-19-21-10-5-2-6-11-21/h1-6,8-11,13-16,26H,7,12,17-19H2,(H,25,27). The number of carbonyl (C=O) groups excluding carboxylic acids is 1. The van der Waals surface area contributed by atoms with Crippen LogP contribution in [0.15, 0.2) is 84.9 Å². The molecule has 3 rings (SSSR count). The zero-order chi connectivity index (χ0) is 19.4. The summed E-state index contributed by atoms with van der Waals surface area (Å²) in [6, 6.07) is 28.0. The fourth-order valence-electron chi connectivity index (χ4n) is 2.82. The van der Waals surface area contributed by atoms with Crippen LogP contribution in [0.3, 0.4) is 0 Å². The molecule has 0 spiro atoms. The summed E-state index contributed by atoms with van der Waals surface area (Å²) < 4.78 is 5.77. The Hall–Kier alpha value is -3.27. The van der Waals surface area contributed by atoms with E-state index < -0.39 is 0 Å². The van der Waals surface area contributed by atoms with Crippen molar-refractivity contribution < 1.29 is 9.53 Å². The van der Waals surface area contributed by atoms with E-state index in [1.54, 1.807) is 0 Å². The van der Waals surface area contributed by atoms with Gasteiger partial charge in [-0.2, -0.15) is 0 Å². The number of nitrogens with one attached hydrogen (secondary N) is 2. The number of carbonyl (C=O) groups is 1. The third kappa shape index (κ3) is 6.80. The summed E-state index contributed by atoms with van der Waals surface area (Å²) in [5.74, 6) is 0.803. The maximum atomic E-state index is 12.0. The molecule has 0 unspecified atom stereocenters. The Morgan fingerprint density at radius 2 is 1.43 bits per heavy atom. The van der Waals surface area contributed by atoms with Crippen molar-refractivity contribution in [3.05, 3.63) is 96.1 Å². The van der Waals surface area contributed by atoms with Gasteiger partial charge in [0.05, 0.1) is 6.54 Å². The van der Waals surface area contributed by atoms with Crippen molar-refractivity contribution in [1.82, 2.24) is 5.32 Å². The van der Waals surface area contributed by atoms with Gasteiger partial charge in [0, 0.05) is 12.2 Å². The molecule has 2 N–H and O–H groups in total. The van der Waals surface area contributed by atoms with Crippen LogP contribution in [-0.4, -0.2) is 19.0 Å². The van der Waals surface area contributed by atoms with Gasteiger partial charge in [0.25, 0.3) is 0 Å². The molecule has 0 fully saturated rings.